The van der Waals surface area contributed by atoms with Gasteiger partial charge in [0.05, 0.1) is 0 Å². The maximum Gasteiger partial charge on any atom is 0.0226 e. The predicted molar refractivity (Wildman–Crippen MR) is 63.6 cm³/mol. The van der Waals surface area contributed by atoms with Crippen molar-refractivity contribution in [3.05, 3.63) is 0 Å². The first-order chi connectivity index (χ1) is 6.90. The Bertz CT molecular complexity index is 165. The van der Waals surface area contributed by atoms with E-state index in [1.807, 2.05) is 0 Å². The van der Waals surface area contributed by atoms with Crippen molar-refractivity contribution in [2.24, 2.45) is 17.6 Å². The lowest BCUT2D eigenvalue weighted by Crippen LogP contribution is -2.42. The smallest absolute Gasteiger partial charge is 0.0226 e. The van der Waals surface area contributed by atoms with Gasteiger partial charge in [-0.1, -0.05) is 12.8 Å². The van der Waals surface area contributed by atoms with Crippen LogP contribution in [0.3, 0.4) is 0 Å². The SMILES string of the molecule is NCC(NCCC1CC1)C1CCSC1. The zero-order chi connectivity index (χ0) is 9.80. The van der Waals surface area contributed by atoms with Gasteiger partial charge < -0.3 is 11.1 Å². The molecule has 2 atom stereocenters. The van der Waals surface area contributed by atoms with E-state index in [-0.39, 0.29) is 0 Å². The maximum atomic E-state index is 5.81. The molecule has 1 saturated carbocycles. The van der Waals surface area contributed by atoms with Crippen molar-refractivity contribution < 1.29 is 0 Å². The molecule has 1 aliphatic carbocycles. The third-order valence-electron chi connectivity index (χ3n) is 3.44. The average Bonchev–Trinajstić information content (AvgIpc) is 2.86. The quantitative estimate of drug-likeness (QED) is 0.703. The molecule has 2 fully saturated rings. The van der Waals surface area contributed by atoms with Crippen molar-refractivity contribution >= 4 is 11.8 Å². The molecule has 0 radical (unpaired) electrons. The normalized spacial score (nSPS) is 29.4. The van der Waals surface area contributed by atoms with Gasteiger partial charge in [0.25, 0.3) is 0 Å². The Morgan fingerprint density at radius 2 is 2.21 bits per heavy atom. The Kier molecular flexibility index (Phi) is 4.14. The highest BCUT2D eigenvalue weighted by molar-refractivity contribution is 7.99. The highest BCUT2D eigenvalue weighted by Crippen LogP contribution is 2.32. The minimum absolute atomic E-state index is 0.587. The second-order valence-electron chi connectivity index (χ2n) is 4.65. The van der Waals surface area contributed by atoms with Crippen molar-refractivity contribution in [2.75, 3.05) is 24.6 Å². The molecule has 1 aliphatic heterocycles. The van der Waals surface area contributed by atoms with Gasteiger partial charge in [-0.3, -0.25) is 0 Å². The average molecular weight is 214 g/mol. The minimum atomic E-state index is 0.587. The molecular formula is C11H22N2S. The summed E-state index contributed by atoms with van der Waals surface area (Å²) >= 11 is 2.08. The summed E-state index contributed by atoms with van der Waals surface area (Å²) in [5.41, 5.74) is 5.81. The molecule has 14 heavy (non-hydrogen) atoms. The van der Waals surface area contributed by atoms with E-state index in [1.165, 1.54) is 43.7 Å². The molecule has 0 amide bonds. The van der Waals surface area contributed by atoms with E-state index in [0.29, 0.717) is 6.04 Å². The first-order valence-corrected chi connectivity index (χ1v) is 7.07. The fourth-order valence-electron chi connectivity index (χ4n) is 2.19. The molecular weight excluding hydrogens is 192 g/mol. The molecule has 0 aromatic rings. The molecule has 2 aliphatic rings. The lowest BCUT2D eigenvalue weighted by atomic mass is 9.99. The van der Waals surface area contributed by atoms with Crippen LogP contribution < -0.4 is 11.1 Å². The van der Waals surface area contributed by atoms with E-state index in [9.17, 15) is 0 Å². The predicted octanol–water partition coefficient (Wildman–Crippen LogP) is 1.46. The van der Waals surface area contributed by atoms with Crippen molar-refractivity contribution in [3.8, 4) is 0 Å². The number of hydrogen-bond acceptors (Lipinski definition) is 3. The van der Waals surface area contributed by atoms with Gasteiger partial charge in [0, 0.05) is 12.6 Å². The molecule has 2 nitrogen and oxygen atoms in total. The van der Waals surface area contributed by atoms with Crippen LogP contribution in [0.4, 0.5) is 0 Å². The fourth-order valence-corrected chi connectivity index (χ4v) is 3.53. The standard InChI is InChI=1S/C11H22N2S/c12-7-11(10-4-6-14-8-10)13-5-3-9-1-2-9/h9-11,13H,1-8,12H2. The van der Waals surface area contributed by atoms with Gasteiger partial charge in [0.15, 0.2) is 0 Å². The number of hydrogen-bond donors (Lipinski definition) is 2. The van der Waals surface area contributed by atoms with E-state index < -0.39 is 0 Å². The Morgan fingerprint density at radius 1 is 1.36 bits per heavy atom. The van der Waals surface area contributed by atoms with Crippen LogP contribution in [0.1, 0.15) is 25.7 Å². The zero-order valence-corrected chi connectivity index (χ0v) is 9.69. The minimum Gasteiger partial charge on any atom is -0.329 e. The number of thioether (sulfide) groups is 1. The van der Waals surface area contributed by atoms with Crippen molar-refractivity contribution in [1.29, 1.82) is 0 Å². The zero-order valence-electron chi connectivity index (χ0n) is 8.87. The van der Waals surface area contributed by atoms with Gasteiger partial charge in [-0.2, -0.15) is 11.8 Å². The first kappa shape index (κ1) is 10.8. The molecule has 2 unspecified atom stereocenters. The summed E-state index contributed by atoms with van der Waals surface area (Å²) in [5.74, 6) is 4.53. The fraction of sp³-hybridized carbons (Fsp3) is 1.00. The molecule has 0 aromatic carbocycles. The number of rotatable bonds is 6. The van der Waals surface area contributed by atoms with Crippen LogP contribution in [0.2, 0.25) is 0 Å². The Hall–Kier alpha value is 0.270. The molecule has 0 aromatic heterocycles. The maximum absolute atomic E-state index is 5.81. The molecule has 2 rings (SSSR count). The van der Waals surface area contributed by atoms with Crippen LogP contribution in [0.25, 0.3) is 0 Å². The third-order valence-corrected chi connectivity index (χ3v) is 4.63. The van der Waals surface area contributed by atoms with Crippen molar-refractivity contribution in [1.82, 2.24) is 5.32 Å². The van der Waals surface area contributed by atoms with Crippen LogP contribution in [0, 0.1) is 11.8 Å². The molecule has 0 bridgehead atoms. The summed E-state index contributed by atoms with van der Waals surface area (Å²) in [7, 11) is 0. The van der Waals surface area contributed by atoms with Gasteiger partial charge in [0.1, 0.15) is 0 Å². The molecule has 82 valence electrons. The Labute approximate surface area is 91.4 Å². The van der Waals surface area contributed by atoms with Crippen LogP contribution in [-0.2, 0) is 0 Å². The van der Waals surface area contributed by atoms with Gasteiger partial charge in [-0.15, -0.1) is 0 Å². The molecule has 3 heteroatoms. The van der Waals surface area contributed by atoms with Gasteiger partial charge in [0.2, 0.25) is 0 Å². The lowest BCUT2D eigenvalue weighted by Gasteiger charge is -2.22. The van der Waals surface area contributed by atoms with Crippen molar-refractivity contribution in [3.63, 3.8) is 0 Å². The highest BCUT2D eigenvalue weighted by Gasteiger charge is 2.25. The van der Waals surface area contributed by atoms with E-state index in [1.54, 1.807) is 0 Å². The summed E-state index contributed by atoms with van der Waals surface area (Å²) in [6.45, 7) is 2.00. The molecule has 0 spiro atoms. The largest absolute Gasteiger partial charge is 0.329 e. The summed E-state index contributed by atoms with van der Waals surface area (Å²) in [6.07, 6.45) is 5.67. The second-order valence-corrected chi connectivity index (χ2v) is 5.80. The third kappa shape index (κ3) is 3.14. The van der Waals surface area contributed by atoms with Crippen LogP contribution in [0.5, 0.6) is 0 Å². The van der Waals surface area contributed by atoms with E-state index in [2.05, 4.69) is 17.1 Å². The van der Waals surface area contributed by atoms with E-state index in [4.69, 9.17) is 5.73 Å². The number of nitrogens with two attached hydrogens (primary N) is 1. The van der Waals surface area contributed by atoms with E-state index >= 15 is 0 Å². The Balaban J connectivity index is 1.63. The number of nitrogens with one attached hydrogen (secondary N) is 1. The van der Waals surface area contributed by atoms with Gasteiger partial charge in [-0.25, -0.2) is 0 Å². The Morgan fingerprint density at radius 3 is 2.79 bits per heavy atom. The van der Waals surface area contributed by atoms with Crippen LogP contribution in [0.15, 0.2) is 0 Å². The summed E-state index contributed by atoms with van der Waals surface area (Å²) in [5, 5.41) is 3.64. The summed E-state index contributed by atoms with van der Waals surface area (Å²) in [6, 6.07) is 0.587. The molecule has 1 heterocycles. The topological polar surface area (TPSA) is 38.0 Å². The molecule has 3 N–H and O–H groups in total. The van der Waals surface area contributed by atoms with Crippen LogP contribution in [-0.4, -0.2) is 30.6 Å². The van der Waals surface area contributed by atoms with E-state index in [0.717, 1.165) is 18.4 Å². The van der Waals surface area contributed by atoms with Crippen molar-refractivity contribution in [2.45, 2.75) is 31.7 Å². The summed E-state index contributed by atoms with van der Waals surface area (Å²) < 4.78 is 0. The first-order valence-electron chi connectivity index (χ1n) is 5.91. The van der Waals surface area contributed by atoms with Gasteiger partial charge >= 0.3 is 0 Å². The lowest BCUT2D eigenvalue weighted by molar-refractivity contribution is 0.383. The summed E-state index contributed by atoms with van der Waals surface area (Å²) in [4.78, 5) is 0. The van der Waals surface area contributed by atoms with Crippen LogP contribution >= 0.6 is 11.8 Å². The molecule has 1 saturated heterocycles. The second kappa shape index (κ2) is 5.38. The monoisotopic (exact) mass is 214 g/mol. The van der Waals surface area contributed by atoms with Gasteiger partial charge in [-0.05, 0) is 42.7 Å². The highest BCUT2D eigenvalue weighted by atomic mass is 32.2.